The Bertz CT molecular complexity index is 419. The summed E-state index contributed by atoms with van der Waals surface area (Å²) in [7, 11) is 1.45. The van der Waals surface area contributed by atoms with Crippen LogP contribution in [0.4, 0.5) is 10.1 Å². The number of anilines is 1. The van der Waals surface area contributed by atoms with Crippen LogP contribution in [0.3, 0.4) is 0 Å². The Balaban J connectivity index is 1.91. The molecule has 0 atom stereocenters. The minimum absolute atomic E-state index is 0.176. The van der Waals surface area contributed by atoms with E-state index >= 15 is 0 Å². The van der Waals surface area contributed by atoms with Crippen LogP contribution in [0.2, 0.25) is 0 Å². The topological polar surface area (TPSA) is 50.4 Å². The first kappa shape index (κ1) is 11.9. The van der Waals surface area contributed by atoms with Crippen LogP contribution in [0, 0.1) is 5.82 Å². The third-order valence-corrected chi connectivity index (χ3v) is 2.52. The molecule has 0 heterocycles. The summed E-state index contributed by atoms with van der Waals surface area (Å²) in [6.45, 7) is 0.253. The molecule has 4 nitrogen and oxygen atoms in total. The van der Waals surface area contributed by atoms with Crippen LogP contribution in [0.25, 0.3) is 0 Å². The molecule has 1 aliphatic carbocycles. The van der Waals surface area contributed by atoms with Gasteiger partial charge in [-0.1, -0.05) is 0 Å². The van der Waals surface area contributed by atoms with Crippen LogP contribution in [-0.4, -0.2) is 25.6 Å². The van der Waals surface area contributed by atoms with E-state index in [0.29, 0.717) is 17.5 Å². The molecule has 17 heavy (non-hydrogen) atoms. The van der Waals surface area contributed by atoms with Gasteiger partial charge in [0.1, 0.15) is 11.6 Å². The number of hydrogen-bond donors (Lipinski definition) is 2. The molecular formula is C12H15FN2O2. The highest BCUT2D eigenvalue weighted by atomic mass is 19.1. The lowest BCUT2D eigenvalue weighted by Crippen LogP contribution is -2.29. The third kappa shape index (κ3) is 3.71. The Hall–Kier alpha value is -1.62. The molecule has 0 radical (unpaired) electrons. The van der Waals surface area contributed by atoms with Gasteiger partial charge < -0.3 is 15.4 Å². The van der Waals surface area contributed by atoms with Crippen LogP contribution < -0.4 is 15.4 Å². The van der Waals surface area contributed by atoms with E-state index in [1.54, 1.807) is 6.07 Å². The molecule has 1 amide bonds. The highest BCUT2D eigenvalue weighted by molar-refractivity contribution is 5.92. The van der Waals surface area contributed by atoms with Crippen LogP contribution >= 0.6 is 0 Å². The molecule has 2 N–H and O–H groups in total. The van der Waals surface area contributed by atoms with Crippen molar-refractivity contribution >= 4 is 11.6 Å². The second-order valence-electron chi connectivity index (χ2n) is 4.08. The molecule has 0 spiro atoms. The maximum Gasteiger partial charge on any atom is 0.238 e. The van der Waals surface area contributed by atoms with Gasteiger partial charge in [-0.15, -0.1) is 0 Å². The zero-order valence-corrected chi connectivity index (χ0v) is 9.63. The molecule has 0 bridgehead atoms. The van der Waals surface area contributed by atoms with Crippen molar-refractivity contribution in [2.24, 2.45) is 0 Å². The molecule has 92 valence electrons. The van der Waals surface area contributed by atoms with Crippen molar-refractivity contribution in [3.63, 3.8) is 0 Å². The first-order valence-electron chi connectivity index (χ1n) is 5.55. The van der Waals surface area contributed by atoms with Crippen LogP contribution in [0.5, 0.6) is 5.75 Å². The molecular weight excluding hydrogens is 223 g/mol. The average molecular weight is 238 g/mol. The van der Waals surface area contributed by atoms with Crippen molar-refractivity contribution in [1.29, 1.82) is 0 Å². The summed E-state index contributed by atoms with van der Waals surface area (Å²) in [5.41, 5.74) is 0.407. The van der Waals surface area contributed by atoms with Gasteiger partial charge in [0.15, 0.2) is 0 Å². The fraction of sp³-hybridized carbons (Fsp3) is 0.417. The zero-order valence-electron chi connectivity index (χ0n) is 9.63. The Labute approximate surface area is 99.2 Å². The van der Waals surface area contributed by atoms with Gasteiger partial charge in [0, 0.05) is 23.9 Å². The molecule has 1 saturated carbocycles. The number of amides is 1. The molecule has 2 rings (SSSR count). The van der Waals surface area contributed by atoms with Crippen molar-refractivity contribution in [2.75, 3.05) is 19.0 Å². The fourth-order valence-electron chi connectivity index (χ4n) is 1.48. The summed E-state index contributed by atoms with van der Waals surface area (Å²) < 4.78 is 18.1. The van der Waals surface area contributed by atoms with Crippen molar-refractivity contribution < 1.29 is 13.9 Å². The highest BCUT2D eigenvalue weighted by Gasteiger charge is 2.21. The first-order valence-corrected chi connectivity index (χ1v) is 5.55. The monoisotopic (exact) mass is 238 g/mol. The van der Waals surface area contributed by atoms with Crippen molar-refractivity contribution in [3.05, 3.63) is 24.0 Å². The number of carbonyl (C=O) groups excluding carboxylic acids is 1. The summed E-state index contributed by atoms with van der Waals surface area (Å²) >= 11 is 0. The average Bonchev–Trinajstić information content (AvgIpc) is 3.09. The summed E-state index contributed by atoms with van der Waals surface area (Å²) in [5.74, 6) is -0.227. The molecule has 0 saturated heterocycles. The van der Waals surface area contributed by atoms with Crippen LogP contribution in [0.15, 0.2) is 18.2 Å². The van der Waals surface area contributed by atoms with E-state index in [2.05, 4.69) is 10.6 Å². The smallest absolute Gasteiger partial charge is 0.238 e. The molecule has 1 aromatic rings. The molecule has 1 fully saturated rings. The van der Waals surface area contributed by atoms with Crippen LogP contribution in [0.1, 0.15) is 12.8 Å². The number of methoxy groups -OCH3 is 1. The van der Waals surface area contributed by atoms with Gasteiger partial charge >= 0.3 is 0 Å². The predicted molar refractivity (Wildman–Crippen MR) is 62.6 cm³/mol. The van der Waals surface area contributed by atoms with E-state index in [1.165, 1.54) is 19.2 Å². The van der Waals surface area contributed by atoms with Crippen molar-refractivity contribution in [2.45, 2.75) is 18.9 Å². The molecule has 5 heteroatoms. The minimum Gasteiger partial charge on any atom is -0.497 e. The molecule has 1 aromatic carbocycles. The van der Waals surface area contributed by atoms with Crippen molar-refractivity contribution in [1.82, 2.24) is 5.32 Å². The minimum atomic E-state index is -0.435. The number of benzene rings is 1. The van der Waals surface area contributed by atoms with Crippen LogP contribution in [-0.2, 0) is 4.79 Å². The van der Waals surface area contributed by atoms with Gasteiger partial charge in [-0.2, -0.15) is 0 Å². The predicted octanol–water partition coefficient (Wildman–Crippen LogP) is 1.52. The lowest BCUT2D eigenvalue weighted by molar-refractivity contribution is -0.115. The maximum atomic E-state index is 13.1. The van der Waals surface area contributed by atoms with Gasteiger partial charge in [0.05, 0.1) is 13.7 Å². The second-order valence-corrected chi connectivity index (χ2v) is 4.08. The highest BCUT2D eigenvalue weighted by Crippen LogP contribution is 2.20. The van der Waals surface area contributed by atoms with Gasteiger partial charge in [0.2, 0.25) is 5.91 Å². The molecule has 1 aliphatic rings. The Morgan fingerprint density at radius 2 is 2.24 bits per heavy atom. The van der Waals surface area contributed by atoms with Gasteiger partial charge in [-0.3, -0.25) is 4.79 Å². The first-order chi connectivity index (χ1) is 8.17. The summed E-state index contributed by atoms with van der Waals surface area (Å²) in [6.07, 6.45) is 2.25. The SMILES string of the molecule is COc1cc(F)cc(NC(=O)CNC2CC2)c1. The zero-order chi connectivity index (χ0) is 12.3. The number of carbonyl (C=O) groups is 1. The van der Waals surface area contributed by atoms with Gasteiger partial charge in [-0.05, 0) is 18.9 Å². The van der Waals surface area contributed by atoms with E-state index < -0.39 is 5.82 Å². The molecule has 0 aliphatic heterocycles. The Morgan fingerprint density at radius 3 is 2.88 bits per heavy atom. The fourth-order valence-corrected chi connectivity index (χ4v) is 1.48. The third-order valence-electron chi connectivity index (χ3n) is 2.52. The number of nitrogens with one attached hydrogen (secondary N) is 2. The van der Waals surface area contributed by atoms with E-state index in [-0.39, 0.29) is 12.5 Å². The number of rotatable bonds is 5. The second kappa shape index (κ2) is 5.14. The number of halogens is 1. The van der Waals surface area contributed by atoms with Crippen molar-refractivity contribution in [3.8, 4) is 5.75 Å². The Kier molecular flexibility index (Phi) is 3.58. The largest absolute Gasteiger partial charge is 0.497 e. The van der Waals surface area contributed by atoms with Gasteiger partial charge in [-0.25, -0.2) is 4.39 Å². The summed E-state index contributed by atoms with van der Waals surface area (Å²) in [5, 5.41) is 5.70. The standard InChI is InChI=1S/C12H15FN2O2/c1-17-11-5-8(13)4-10(6-11)15-12(16)7-14-9-2-3-9/h4-6,9,14H,2-3,7H2,1H3,(H,15,16). The lowest BCUT2D eigenvalue weighted by atomic mass is 10.3. The Morgan fingerprint density at radius 1 is 1.47 bits per heavy atom. The number of ether oxygens (including phenoxy) is 1. The molecule has 0 unspecified atom stereocenters. The number of hydrogen-bond acceptors (Lipinski definition) is 3. The van der Waals surface area contributed by atoms with E-state index in [4.69, 9.17) is 4.74 Å². The van der Waals surface area contributed by atoms with E-state index in [1.807, 2.05) is 0 Å². The van der Waals surface area contributed by atoms with E-state index in [9.17, 15) is 9.18 Å². The summed E-state index contributed by atoms with van der Waals surface area (Å²) in [6, 6.07) is 4.58. The normalized spacial score (nSPS) is 14.5. The quantitative estimate of drug-likeness (QED) is 0.817. The van der Waals surface area contributed by atoms with Gasteiger partial charge in [0.25, 0.3) is 0 Å². The molecule has 0 aromatic heterocycles. The lowest BCUT2D eigenvalue weighted by Gasteiger charge is -2.08. The summed E-state index contributed by atoms with van der Waals surface area (Å²) in [4.78, 5) is 11.5. The van der Waals surface area contributed by atoms with E-state index in [0.717, 1.165) is 12.8 Å². The maximum absolute atomic E-state index is 13.1.